The third kappa shape index (κ3) is 7.63. The van der Waals surface area contributed by atoms with Gasteiger partial charge in [0.15, 0.2) is 0 Å². The summed E-state index contributed by atoms with van der Waals surface area (Å²) in [5.41, 5.74) is 8.01. The lowest BCUT2D eigenvalue weighted by Gasteiger charge is -2.19. The van der Waals surface area contributed by atoms with Gasteiger partial charge in [-0.05, 0) is 93.6 Å². The Morgan fingerprint density at radius 1 is 0.519 bits per heavy atom. The van der Waals surface area contributed by atoms with Gasteiger partial charge in [-0.25, -0.2) is 0 Å². The average molecular weight is 694 g/mol. The molecular formula is C43H39N3O6. The van der Waals surface area contributed by atoms with E-state index < -0.39 is 4.92 Å². The number of nitro benzene ring substituents is 1. The van der Waals surface area contributed by atoms with Crippen molar-refractivity contribution in [2.45, 2.75) is 44.9 Å². The maximum atomic E-state index is 11.8. The number of rotatable bonds is 9. The molecule has 6 rings (SSSR count). The van der Waals surface area contributed by atoms with Crippen LogP contribution in [0.2, 0.25) is 0 Å². The van der Waals surface area contributed by atoms with Crippen LogP contribution in [0.5, 0.6) is 23.0 Å². The van der Waals surface area contributed by atoms with Crippen molar-refractivity contribution < 1.29 is 25.3 Å². The molecule has 262 valence electrons. The Labute approximate surface area is 302 Å². The molecule has 0 atom stereocenters. The minimum Gasteiger partial charge on any atom is -0.507 e. The highest BCUT2D eigenvalue weighted by atomic mass is 16.6. The van der Waals surface area contributed by atoms with Crippen LogP contribution in [0.3, 0.4) is 0 Å². The summed E-state index contributed by atoms with van der Waals surface area (Å²) in [6.07, 6.45) is 7.71. The van der Waals surface area contributed by atoms with Crippen LogP contribution < -0.4 is 0 Å². The monoisotopic (exact) mass is 693 g/mol. The van der Waals surface area contributed by atoms with Crippen LogP contribution in [0.4, 0.5) is 17.1 Å². The van der Waals surface area contributed by atoms with E-state index in [1.54, 1.807) is 30.4 Å². The van der Waals surface area contributed by atoms with Crippen molar-refractivity contribution in [3.05, 3.63) is 182 Å². The van der Waals surface area contributed by atoms with E-state index in [4.69, 9.17) is 0 Å². The minimum atomic E-state index is -0.488. The fourth-order valence-corrected chi connectivity index (χ4v) is 6.80. The van der Waals surface area contributed by atoms with Gasteiger partial charge in [-0.2, -0.15) is 10.2 Å². The van der Waals surface area contributed by atoms with Crippen LogP contribution in [0.15, 0.2) is 121 Å². The smallest absolute Gasteiger partial charge is 0.269 e. The molecule has 1 aliphatic carbocycles. The number of allylic oxidation sites excluding steroid dienone is 3. The van der Waals surface area contributed by atoms with Crippen LogP contribution in [0, 0.1) is 10.1 Å². The summed E-state index contributed by atoms with van der Waals surface area (Å²) in [5, 5.41) is 66.8. The van der Waals surface area contributed by atoms with Crippen LogP contribution >= 0.6 is 0 Å². The molecule has 0 amide bonds. The summed E-state index contributed by atoms with van der Waals surface area (Å²) in [7, 11) is 0. The predicted octanol–water partition coefficient (Wildman–Crippen LogP) is 9.69. The average Bonchev–Trinajstić information content (AvgIpc) is 3.11. The standard InChI is InChI=1S/C43H39N3O6/c1-4-7-26-14-29-20-31-16-27(8-5-2)18-33(41(31)48)22-35-24-38(45-44-37-10-12-39(13-11-37)46(51)52)25-36(43(35)50)23-34-19-28(9-6-3)17-32(42(34)49)21-30(15-26)40(29)47/h4-6,10-19,24-25,47-50H,1-3,7-9,20-23H2. The molecule has 0 spiro atoms. The number of hydrogen-bond donors (Lipinski definition) is 4. The van der Waals surface area contributed by atoms with Gasteiger partial charge < -0.3 is 20.4 Å². The molecule has 52 heavy (non-hydrogen) atoms. The van der Waals surface area contributed by atoms with Crippen molar-refractivity contribution in [3.63, 3.8) is 0 Å². The highest BCUT2D eigenvalue weighted by molar-refractivity contribution is 5.60. The number of phenols is 4. The second-order valence-corrected chi connectivity index (χ2v) is 13.1. The largest absolute Gasteiger partial charge is 0.507 e. The van der Waals surface area contributed by atoms with Crippen molar-refractivity contribution in [3.8, 4) is 23.0 Å². The lowest BCUT2D eigenvalue weighted by Crippen LogP contribution is -2.03. The Morgan fingerprint density at radius 2 is 0.808 bits per heavy atom. The van der Waals surface area contributed by atoms with E-state index >= 15 is 0 Å². The second-order valence-electron chi connectivity index (χ2n) is 13.1. The number of fused-ring (bicyclic) bond motifs is 8. The van der Waals surface area contributed by atoms with E-state index in [0.717, 1.165) is 16.7 Å². The normalized spacial score (nSPS) is 12.4. The highest BCUT2D eigenvalue weighted by Crippen LogP contribution is 2.40. The van der Waals surface area contributed by atoms with Gasteiger partial charge in [-0.1, -0.05) is 54.6 Å². The quantitative estimate of drug-likeness (QED) is 0.0513. The van der Waals surface area contributed by atoms with Crippen molar-refractivity contribution in [2.75, 3.05) is 0 Å². The topological polar surface area (TPSA) is 149 Å². The van der Waals surface area contributed by atoms with Crippen molar-refractivity contribution in [1.82, 2.24) is 0 Å². The summed E-state index contributed by atoms with van der Waals surface area (Å²) in [4.78, 5) is 10.6. The van der Waals surface area contributed by atoms with Crippen LogP contribution in [-0.4, -0.2) is 25.3 Å². The van der Waals surface area contributed by atoms with E-state index in [2.05, 4.69) is 30.0 Å². The molecule has 0 saturated carbocycles. The van der Waals surface area contributed by atoms with Gasteiger partial charge in [0.1, 0.15) is 23.0 Å². The summed E-state index contributed by atoms with van der Waals surface area (Å²) >= 11 is 0. The number of phenolic OH excluding ortho intramolecular Hbond substituents is 4. The number of azo groups is 1. The van der Waals surface area contributed by atoms with Gasteiger partial charge in [0.05, 0.1) is 16.3 Å². The zero-order valence-electron chi connectivity index (χ0n) is 28.7. The second kappa shape index (κ2) is 15.2. The van der Waals surface area contributed by atoms with Gasteiger partial charge in [-0.3, -0.25) is 10.1 Å². The van der Waals surface area contributed by atoms with E-state index in [1.807, 2.05) is 36.4 Å². The molecule has 5 aromatic rings. The van der Waals surface area contributed by atoms with E-state index in [0.29, 0.717) is 75.1 Å². The minimum absolute atomic E-state index is 0.0107. The molecule has 1 aliphatic rings. The van der Waals surface area contributed by atoms with E-state index in [9.17, 15) is 30.5 Å². The molecule has 9 heteroatoms. The maximum absolute atomic E-state index is 11.8. The number of nitro groups is 1. The zero-order chi connectivity index (χ0) is 36.9. The van der Waals surface area contributed by atoms with Crippen molar-refractivity contribution in [1.29, 1.82) is 0 Å². The molecule has 0 heterocycles. The Kier molecular flexibility index (Phi) is 10.3. The zero-order valence-corrected chi connectivity index (χ0v) is 28.7. The van der Waals surface area contributed by atoms with Crippen LogP contribution in [0.1, 0.15) is 61.2 Å². The molecule has 0 aromatic heterocycles. The molecule has 4 N–H and O–H groups in total. The number of non-ortho nitro benzene ring substituents is 1. The molecule has 0 radical (unpaired) electrons. The Hall–Kier alpha value is -6.48. The summed E-state index contributed by atoms with van der Waals surface area (Å²) in [5.74, 6) is 0.177. The first-order valence-electron chi connectivity index (χ1n) is 16.9. The van der Waals surface area contributed by atoms with Crippen molar-refractivity contribution in [2.24, 2.45) is 10.2 Å². The first-order valence-corrected chi connectivity index (χ1v) is 16.9. The third-order valence-corrected chi connectivity index (χ3v) is 9.24. The SMILES string of the molecule is C=CCc1cc2c(O)c(c1)Cc1cc(CC=C)cc(c1O)Cc1cc(N=Nc3ccc([N+](=O)[O-])cc3)cc(c1O)Cc1cc(CC=C)cc(c1O)C2. The van der Waals surface area contributed by atoms with E-state index in [-0.39, 0.29) is 54.4 Å². The van der Waals surface area contributed by atoms with Gasteiger partial charge in [0.2, 0.25) is 0 Å². The number of hydrogen-bond acceptors (Lipinski definition) is 8. The molecular weight excluding hydrogens is 654 g/mol. The Balaban J connectivity index is 1.57. The maximum Gasteiger partial charge on any atom is 0.269 e. The first-order chi connectivity index (χ1) is 25.1. The van der Waals surface area contributed by atoms with Crippen LogP contribution in [0.25, 0.3) is 0 Å². The van der Waals surface area contributed by atoms with Gasteiger partial charge in [0.25, 0.3) is 5.69 Å². The van der Waals surface area contributed by atoms with Gasteiger partial charge in [0, 0.05) is 48.9 Å². The molecule has 0 aliphatic heterocycles. The first kappa shape index (κ1) is 35.3. The summed E-state index contributed by atoms with van der Waals surface area (Å²) in [6, 6.07) is 20.5. The molecule has 5 aromatic carbocycles. The fourth-order valence-electron chi connectivity index (χ4n) is 6.80. The number of aromatic hydroxyl groups is 4. The highest BCUT2D eigenvalue weighted by Gasteiger charge is 2.21. The fraction of sp³-hybridized carbons (Fsp3) is 0.163. The number of nitrogens with zero attached hydrogens (tertiary/aromatic N) is 3. The van der Waals surface area contributed by atoms with Crippen LogP contribution in [-0.2, 0) is 44.9 Å². The Morgan fingerprint density at radius 3 is 1.10 bits per heavy atom. The molecule has 0 fully saturated rings. The van der Waals surface area contributed by atoms with E-state index in [1.165, 1.54) is 24.3 Å². The summed E-state index contributed by atoms with van der Waals surface area (Å²) < 4.78 is 0. The lowest BCUT2D eigenvalue weighted by molar-refractivity contribution is -0.384. The van der Waals surface area contributed by atoms with Crippen molar-refractivity contribution >= 4 is 17.1 Å². The van der Waals surface area contributed by atoms with Gasteiger partial charge >= 0.3 is 0 Å². The molecule has 8 bridgehead atoms. The lowest BCUT2D eigenvalue weighted by atomic mass is 9.88. The Bertz CT molecular complexity index is 2140. The number of benzene rings is 5. The molecule has 0 saturated heterocycles. The predicted molar refractivity (Wildman–Crippen MR) is 203 cm³/mol. The molecule has 9 nitrogen and oxygen atoms in total. The molecule has 0 unspecified atom stereocenters. The van der Waals surface area contributed by atoms with Gasteiger partial charge in [-0.15, -0.1) is 19.7 Å². The summed E-state index contributed by atoms with van der Waals surface area (Å²) in [6.45, 7) is 11.7. The third-order valence-electron chi connectivity index (χ3n) is 9.24.